The fourth-order valence-electron chi connectivity index (χ4n) is 3.69. The van der Waals surface area contributed by atoms with E-state index >= 15 is 0 Å². The molecule has 1 fully saturated rings. The number of amides is 1. The minimum atomic E-state index is -3.18. The smallest absolute Gasteiger partial charge is 0.276 e. The van der Waals surface area contributed by atoms with Crippen LogP contribution < -0.4 is 15.0 Å². The number of carbonyl (C=O) groups is 1. The Hall–Kier alpha value is -2.79. The van der Waals surface area contributed by atoms with Crippen LogP contribution >= 0.6 is 0 Å². The Morgan fingerprint density at radius 1 is 1.16 bits per heavy atom. The van der Waals surface area contributed by atoms with Gasteiger partial charge < -0.3 is 10.1 Å². The van der Waals surface area contributed by atoms with Crippen molar-refractivity contribution >= 4 is 33.4 Å². The van der Waals surface area contributed by atoms with E-state index in [2.05, 4.69) is 20.3 Å². The molecule has 1 amide bonds. The molecule has 4 heterocycles. The summed E-state index contributed by atoms with van der Waals surface area (Å²) in [7, 11) is -3.18. The Labute approximate surface area is 181 Å². The zero-order valence-electron chi connectivity index (χ0n) is 18.0. The molecule has 166 valence electrons. The molecular weight excluding hydrogens is 420 g/mol. The molecule has 0 saturated carbocycles. The number of hydrogen-bond acceptors (Lipinski definition) is 8. The second-order valence-electron chi connectivity index (χ2n) is 8.37. The van der Waals surface area contributed by atoms with Crippen molar-refractivity contribution in [3.8, 4) is 5.75 Å². The highest BCUT2D eigenvalue weighted by Gasteiger charge is 2.43. The number of piperidine rings is 1. The standard InChI is InChI=1S/C20H26N6O4S/c1-13-5-6-15(11-21-13)26-17-16(30-20(2,3)18(26)27)12-22-19(24-17)23-14-7-9-25(10-8-14)31(4,28)29/h5-6,11-12,14H,7-10H2,1-4H3,(H,22,23,24). The first-order chi connectivity index (χ1) is 14.5. The van der Waals surface area contributed by atoms with Crippen molar-refractivity contribution in [3.05, 3.63) is 30.2 Å². The predicted molar refractivity (Wildman–Crippen MR) is 116 cm³/mol. The van der Waals surface area contributed by atoms with E-state index in [0.29, 0.717) is 49.1 Å². The van der Waals surface area contributed by atoms with Crippen LogP contribution in [-0.2, 0) is 14.8 Å². The van der Waals surface area contributed by atoms with Gasteiger partial charge in [0.05, 0.1) is 24.3 Å². The minimum absolute atomic E-state index is 0.0298. The van der Waals surface area contributed by atoms with E-state index in [0.717, 1.165) is 5.69 Å². The van der Waals surface area contributed by atoms with E-state index < -0.39 is 15.6 Å². The molecule has 10 nitrogen and oxygen atoms in total. The molecule has 0 unspecified atom stereocenters. The normalized spacial score (nSPS) is 19.6. The number of aryl methyl sites for hydroxylation is 1. The molecule has 4 rings (SSSR count). The van der Waals surface area contributed by atoms with Crippen molar-refractivity contribution in [2.45, 2.75) is 45.3 Å². The highest BCUT2D eigenvalue weighted by Crippen LogP contribution is 2.40. The van der Waals surface area contributed by atoms with Gasteiger partial charge in [-0.3, -0.25) is 14.7 Å². The molecule has 1 saturated heterocycles. The molecule has 2 aliphatic rings. The lowest BCUT2D eigenvalue weighted by atomic mass is 10.1. The molecule has 0 atom stereocenters. The number of fused-ring (bicyclic) bond motifs is 1. The Kier molecular flexibility index (Phi) is 5.34. The number of pyridine rings is 1. The number of ether oxygens (including phenoxy) is 1. The average molecular weight is 447 g/mol. The molecule has 11 heteroatoms. The van der Waals surface area contributed by atoms with Gasteiger partial charge in [0.15, 0.2) is 17.2 Å². The maximum absolute atomic E-state index is 13.2. The number of rotatable bonds is 4. The molecule has 0 radical (unpaired) electrons. The first-order valence-electron chi connectivity index (χ1n) is 10.1. The monoisotopic (exact) mass is 446 g/mol. The summed E-state index contributed by atoms with van der Waals surface area (Å²) in [5, 5.41) is 3.27. The van der Waals surface area contributed by atoms with Crippen LogP contribution in [0, 0.1) is 6.92 Å². The van der Waals surface area contributed by atoms with Crippen LogP contribution in [0.15, 0.2) is 24.5 Å². The van der Waals surface area contributed by atoms with Crippen molar-refractivity contribution in [2.75, 3.05) is 29.6 Å². The third-order valence-electron chi connectivity index (χ3n) is 5.44. The molecule has 31 heavy (non-hydrogen) atoms. The fraction of sp³-hybridized carbons (Fsp3) is 0.500. The van der Waals surface area contributed by atoms with E-state index in [9.17, 15) is 13.2 Å². The zero-order chi connectivity index (χ0) is 22.4. The molecule has 2 aliphatic heterocycles. The van der Waals surface area contributed by atoms with E-state index in [1.165, 1.54) is 15.5 Å². The summed E-state index contributed by atoms with van der Waals surface area (Å²) in [6.07, 6.45) is 5.69. The second-order valence-corrected chi connectivity index (χ2v) is 10.4. The van der Waals surface area contributed by atoms with Crippen LogP contribution in [0.5, 0.6) is 5.75 Å². The SMILES string of the molecule is Cc1ccc(N2C(=O)C(C)(C)Oc3cnc(NC4CCN(S(C)(=O)=O)CC4)nc32)cn1. The lowest BCUT2D eigenvalue weighted by Crippen LogP contribution is -2.51. The van der Waals surface area contributed by atoms with Gasteiger partial charge in [-0.2, -0.15) is 4.98 Å². The molecule has 0 aromatic carbocycles. The minimum Gasteiger partial charge on any atom is -0.472 e. The summed E-state index contributed by atoms with van der Waals surface area (Å²) in [6, 6.07) is 3.68. The van der Waals surface area contributed by atoms with E-state index in [-0.39, 0.29) is 11.9 Å². The lowest BCUT2D eigenvalue weighted by molar-refractivity contribution is -0.131. The Balaban J connectivity index is 1.60. The Morgan fingerprint density at radius 2 is 1.87 bits per heavy atom. The van der Waals surface area contributed by atoms with Crippen molar-refractivity contribution in [1.29, 1.82) is 0 Å². The van der Waals surface area contributed by atoms with Crippen LogP contribution in [0.25, 0.3) is 0 Å². The first-order valence-corrected chi connectivity index (χ1v) is 11.9. The van der Waals surface area contributed by atoms with Gasteiger partial charge in [0.25, 0.3) is 5.91 Å². The maximum Gasteiger partial charge on any atom is 0.276 e. The maximum atomic E-state index is 13.2. The Bertz CT molecular complexity index is 1100. The van der Waals surface area contributed by atoms with Crippen LogP contribution in [0.3, 0.4) is 0 Å². The third-order valence-corrected chi connectivity index (χ3v) is 6.74. The summed E-state index contributed by atoms with van der Waals surface area (Å²) in [5.74, 6) is 0.859. The number of aromatic nitrogens is 3. The molecule has 0 bridgehead atoms. The molecule has 0 spiro atoms. The van der Waals surface area contributed by atoms with Crippen molar-refractivity contribution in [3.63, 3.8) is 0 Å². The Morgan fingerprint density at radius 3 is 2.48 bits per heavy atom. The molecular formula is C20H26N6O4S. The largest absolute Gasteiger partial charge is 0.472 e. The average Bonchev–Trinajstić information content (AvgIpc) is 2.70. The number of nitrogens with one attached hydrogen (secondary N) is 1. The highest BCUT2D eigenvalue weighted by atomic mass is 32.2. The number of hydrogen-bond donors (Lipinski definition) is 1. The summed E-state index contributed by atoms with van der Waals surface area (Å²) in [4.78, 5) is 27.9. The highest BCUT2D eigenvalue weighted by molar-refractivity contribution is 7.88. The van der Waals surface area contributed by atoms with Gasteiger partial charge in [-0.15, -0.1) is 0 Å². The van der Waals surface area contributed by atoms with E-state index in [1.807, 2.05) is 19.1 Å². The van der Waals surface area contributed by atoms with Gasteiger partial charge in [0.1, 0.15) is 0 Å². The number of sulfonamides is 1. The lowest BCUT2D eigenvalue weighted by Gasteiger charge is -2.37. The topological polar surface area (TPSA) is 118 Å². The second kappa shape index (κ2) is 7.72. The quantitative estimate of drug-likeness (QED) is 0.756. The van der Waals surface area contributed by atoms with Crippen molar-refractivity contribution < 1.29 is 17.9 Å². The van der Waals surface area contributed by atoms with Crippen LogP contribution in [0.2, 0.25) is 0 Å². The van der Waals surface area contributed by atoms with Crippen LogP contribution in [-0.4, -0.2) is 64.6 Å². The number of anilines is 3. The predicted octanol–water partition coefficient (Wildman–Crippen LogP) is 1.85. The van der Waals surface area contributed by atoms with Gasteiger partial charge >= 0.3 is 0 Å². The third kappa shape index (κ3) is 4.33. The fourth-order valence-corrected chi connectivity index (χ4v) is 4.57. The molecule has 1 N–H and O–H groups in total. The van der Waals surface area contributed by atoms with E-state index in [4.69, 9.17) is 4.74 Å². The van der Waals surface area contributed by atoms with Crippen LogP contribution in [0.4, 0.5) is 17.5 Å². The molecule has 0 aliphatic carbocycles. The van der Waals surface area contributed by atoms with Gasteiger partial charge in [-0.05, 0) is 45.7 Å². The van der Waals surface area contributed by atoms with Crippen molar-refractivity contribution in [2.24, 2.45) is 0 Å². The summed E-state index contributed by atoms with van der Waals surface area (Å²) in [6.45, 7) is 6.17. The van der Waals surface area contributed by atoms with Gasteiger partial charge in [0.2, 0.25) is 16.0 Å². The number of nitrogens with zero attached hydrogens (tertiary/aromatic N) is 5. The summed E-state index contributed by atoms with van der Waals surface area (Å²) in [5.41, 5.74) is 0.364. The zero-order valence-corrected chi connectivity index (χ0v) is 18.8. The molecule has 2 aromatic heterocycles. The van der Waals surface area contributed by atoms with E-state index in [1.54, 1.807) is 26.2 Å². The molecule has 2 aromatic rings. The first kappa shape index (κ1) is 21.4. The van der Waals surface area contributed by atoms with Gasteiger partial charge in [0, 0.05) is 24.8 Å². The van der Waals surface area contributed by atoms with Gasteiger partial charge in [-0.25, -0.2) is 17.7 Å². The van der Waals surface area contributed by atoms with Crippen molar-refractivity contribution in [1.82, 2.24) is 19.3 Å². The summed E-state index contributed by atoms with van der Waals surface area (Å²) >= 11 is 0. The summed E-state index contributed by atoms with van der Waals surface area (Å²) < 4.78 is 30.8. The van der Waals surface area contributed by atoms with Crippen LogP contribution in [0.1, 0.15) is 32.4 Å². The number of carbonyl (C=O) groups excluding carboxylic acids is 1. The van der Waals surface area contributed by atoms with Gasteiger partial charge in [-0.1, -0.05) is 0 Å².